The lowest BCUT2D eigenvalue weighted by atomic mass is 10.2. The average molecular weight is 269 g/mol. The lowest BCUT2D eigenvalue weighted by Crippen LogP contribution is -2.09. The van der Waals surface area contributed by atoms with Crippen LogP contribution in [-0.2, 0) is 11.3 Å². The van der Waals surface area contributed by atoms with E-state index in [0.29, 0.717) is 4.60 Å². The Hall–Kier alpha value is -1.36. The van der Waals surface area contributed by atoms with Gasteiger partial charge in [0.1, 0.15) is 11.1 Å². The predicted molar refractivity (Wildman–Crippen MR) is 59.8 cm³/mol. The van der Waals surface area contributed by atoms with E-state index in [1.807, 2.05) is 25.1 Å². The first-order chi connectivity index (χ1) is 7.08. The summed E-state index contributed by atoms with van der Waals surface area (Å²) in [6.07, 6.45) is 0. The van der Waals surface area contributed by atoms with E-state index in [0.717, 1.165) is 16.5 Å². The van der Waals surface area contributed by atoms with E-state index < -0.39 is 5.97 Å². The van der Waals surface area contributed by atoms with Crippen molar-refractivity contribution in [1.82, 2.24) is 9.78 Å². The average Bonchev–Trinajstić information content (AvgIpc) is 2.42. The Morgan fingerprint density at radius 1 is 1.60 bits per heavy atom. The molecule has 0 radical (unpaired) electrons. The molecule has 1 heterocycles. The number of halogens is 1. The number of carboxylic acids is 1. The van der Waals surface area contributed by atoms with Crippen molar-refractivity contribution >= 4 is 32.8 Å². The highest BCUT2D eigenvalue weighted by Gasteiger charge is 2.10. The van der Waals surface area contributed by atoms with Crippen molar-refractivity contribution in [1.29, 1.82) is 0 Å². The second-order valence-corrected chi connectivity index (χ2v) is 4.11. The molecule has 5 heteroatoms. The fourth-order valence-electron chi connectivity index (χ4n) is 1.50. The Morgan fingerprint density at radius 2 is 2.33 bits per heavy atom. The van der Waals surface area contributed by atoms with Crippen LogP contribution < -0.4 is 0 Å². The number of hydrogen-bond acceptors (Lipinski definition) is 2. The fraction of sp³-hybridized carbons (Fsp3) is 0.200. The lowest BCUT2D eigenvalue weighted by Gasteiger charge is -1.98. The van der Waals surface area contributed by atoms with Crippen LogP contribution in [0.25, 0.3) is 10.9 Å². The van der Waals surface area contributed by atoms with Crippen molar-refractivity contribution in [2.75, 3.05) is 0 Å². The topological polar surface area (TPSA) is 55.1 Å². The molecule has 1 aromatic carbocycles. The third-order valence-corrected chi connectivity index (χ3v) is 2.73. The molecule has 0 saturated carbocycles. The minimum atomic E-state index is -0.896. The minimum Gasteiger partial charge on any atom is -0.480 e. The van der Waals surface area contributed by atoms with Gasteiger partial charge in [0.2, 0.25) is 0 Å². The van der Waals surface area contributed by atoms with Gasteiger partial charge in [0.25, 0.3) is 0 Å². The number of aryl methyl sites for hydroxylation is 1. The van der Waals surface area contributed by atoms with Gasteiger partial charge in [-0.1, -0.05) is 11.6 Å². The monoisotopic (exact) mass is 268 g/mol. The minimum absolute atomic E-state index is 0.120. The zero-order valence-corrected chi connectivity index (χ0v) is 9.65. The van der Waals surface area contributed by atoms with Crippen molar-refractivity contribution in [2.24, 2.45) is 0 Å². The quantitative estimate of drug-likeness (QED) is 0.909. The molecule has 1 N–H and O–H groups in total. The van der Waals surface area contributed by atoms with Crippen LogP contribution in [-0.4, -0.2) is 20.9 Å². The van der Waals surface area contributed by atoms with Crippen LogP contribution in [0.1, 0.15) is 5.56 Å². The second-order valence-electron chi connectivity index (χ2n) is 3.36. The van der Waals surface area contributed by atoms with Gasteiger partial charge in [-0.05, 0) is 35.0 Å². The third kappa shape index (κ3) is 1.87. The van der Waals surface area contributed by atoms with Crippen molar-refractivity contribution in [3.8, 4) is 0 Å². The van der Waals surface area contributed by atoms with Crippen LogP contribution in [0.15, 0.2) is 22.8 Å². The Morgan fingerprint density at radius 3 is 3.00 bits per heavy atom. The Labute approximate surface area is 94.6 Å². The number of fused-ring (bicyclic) bond motifs is 1. The molecule has 0 fully saturated rings. The van der Waals surface area contributed by atoms with Gasteiger partial charge in [0.05, 0.1) is 5.52 Å². The van der Waals surface area contributed by atoms with Crippen molar-refractivity contribution in [3.63, 3.8) is 0 Å². The van der Waals surface area contributed by atoms with E-state index in [4.69, 9.17) is 5.11 Å². The normalized spacial score (nSPS) is 10.8. The zero-order valence-electron chi connectivity index (χ0n) is 8.07. The highest BCUT2D eigenvalue weighted by atomic mass is 79.9. The predicted octanol–water partition coefficient (Wildman–Crippen LogP) is 2.19. The van der Waals surface area contributed by atoms with Gasteiger partial charge in [-0.15, -0.1) is 0 Å². The molecule has 0 atom stereocenters. The van der Waals surface area contributed by atoms with Crippen LogP contribution in [0.3, 0.4) is 0 Å². The van der Waals surface area contributed by atoms with E-state index in [1.165, 1.54) is 4.68 Å². The summed E-state index contributed by atoms with van der Waals surface area (Å²) >= 11 is 3.32. The molecule has 0 amide bonds. The number of carbonyl (C=O) groups is 1. The summed E-state index contributed by atoms with van der Waals surface area (Å²) in [5, 5.41) is 13.8. The van der Waals surface area contributed by atoms with Gasteiger partial charge in [0.15, 0.2) is 0 Å². The van der Waals surface area contributed by atoms with Crippen LogP contribution in [0.2, 0.25) is 0 Å². The number of aromatic nitrogens is 2. The molecule has 4 nitrogen and oxygen atoms in total. The molecule has 2 aromatic rings. The first-order valence-corrected chi connectivity index (χ1v) is 5.21. The summed E-state index contributed by atoms with van der Waals surface area (Å²) in [5.74, 6) is -0.896. The lowest BCUT2D eigenvalue weighted by molar-refractivity contribution is -0.137. The van der Waals surface area contributed by atoms with Gasteiger partial charge in [-0.25, -0.2) is 0 Å². The van der Waals surface area contributed by atoms with E-state index in [2.05, 4.69) is 21.0 Å². The van der Waals surface area contributed by atoms with E-state index >= 15 is 0 Å². The molecule has 2 rings (SSSR count). The number of rotatable bonds is 2. The van der Waals surface area contributed by atoms with E-state index in [9.17, 15) is 4.79 Å². The highest BCUT2D eigenvalue weighted by molar-refractivity contribution is 9.10. The van der Waals surface area contributed by atoms with Crippen LogP contribution in [0.4, 0.5) is 0 Å². The Bertz CT molecular complexity index is 533. The summed E-state index contributed by atoms with van der Waals surface area (Å²) < 4.78 is 2.16. The summed E-state index contributed by atoms with van der Waals surface area (Å²) in [4.78, 5) is 10.6. The molecule has 0 aliphatic rings. The van der Waals surface area contributed by atoms with Crippen molar-refractivity contribution in [2.45, 2.75) is 13.5 Å². The molecular formula is C10H9BrN2O2. The number of nitrogens with zero attached hydrogens (tertiary/aromatic N) is 2. The van der Waals surface area contributed by atoms with Crippen LogP contribution in [0, 0.1) is 6.92 Å². The van der Waals surface area contributed by atoms with Crippen LogP contribution >= 0.6 is 15.9 Å². The van der Waals surface area contributed by atoms with Gasteiger partial charge >= 0.3 is 5.97 Å². The number of hydrogen-bond donors (Lipinski definition) is 1. The van der Waals surface area contributed by atoms with Gasteiger partial charge < -0.3 is 5.11 Å². The largest absolute Gasteiger partial charge is 0.480 e. The number of carboxylic acid groups (broad SMARTS) is 1. The number of benzene rings is 1. The first kappa shape index (κ1) is 10.2. The SMILES string of the molecule is Cc1ccc2c(c1)c(Br)nn2CC(=O)O. The fourth-order valence-corrected chi connectivity index (χ4v) is 2.01. The molecule has 0 bridgehead atoms. The number of aliphatic carboxylic acids is 1. The summed E-state index contributed by atoms with van der Waals surface area (Å²) in [5.41, 5.74) is 1.95. The van der Waals surface area contributed by atoms with Gasteiger partial charge in [-0.2, -0.15) is 5.10 Å². The van der Waals surface area contributed by atoms with E-state index in [-0.39, 0.29) is 6.54 Å². The maximum atomic E-state index is 10.6. The maximum Gasteiger partial charge on any atom is 0.325 e. The zero-order chi connectivity index (χ0) is 11.0. The first-order valence-electron chi connectivity index (χ1n) is 4.42. The Balaban J connectivity index is 2.62. The second kappa shape index (κ2) is 3.66. The smallest absolute Gasteiger partial charge is 0.325 e. The molecule has 0 spiro atoms. The summed E-state index contributed by atoms with van der Waals surface area (Å²) in [6, 6.07) is 5.80. The van der Waals surface area contributed by atoms with Gasteiger partial charge in [-0.3, -0.25) is 9.48 Å². The highest BCUT2D eigenvalue weighted by Crippen LogP contribution is 2.24. The van der Waals surface area contributed by atoms with Crippen molar-refractivity contribution in [3.05, 3.63) is 28.4 Å². The molecule has 0 saturated heterocycles. The third-order valence-electron chi connectivity index (χ3n) is 2.15. The molecule has 1 aromatic heterocycles. The van der Waals surface area contributed by atoms with Crippen molar-refractivity contribution < 1.29 is 9.90 Å². The van der Waals surface area contributed by atoms with E-state index in [1.54, 1.807) is 0 Å². The molecule has 0 aliphatic carbocycles. The summed E-state index contributed by atoms with van der Waals surface area (Å²) in [6.45, 7) is 1.87. The molecule has 78 valence electrons. The maximum absolute atomic E-state index is 10.6. The standard InChI is InChI=1S/C10H9BrN2O2/c1-6-2-3-8-7(4-6)10(11)12-13(8)5-9(14)15/h2-4H,5H2,1H3,(H,14,15). The summed E-state index contributed by atoms with van der Waals surface area (Å²) in [7, 11) is 0. The Kier molecular flexibility index (Phi) is 2.48. The molecule has 15 heavy (non-hydrogen) atoms. The molecular weight excluding hydrogens is 260 g/mol. The van der Waals surface area contributed by atoms with Gasteiger partial charge in [0, 0.05) is 5.39 Å². The van der Waals surface area contributed by atoms with Crippen LogP contribution in [0.5, 0.6) is 0 Å². The molecule has 0 aliphatic heterocycles. The molecule has 0 unspecified atom stereocenters.